The molecule has 6 heteroatoms. The normalized spacial score (nSPS) is 12.8. The van der Waals surface area contributed by atoms with E-state index in [0.29, 0.717) is 6.42 Å². The maximum Gasteiger partial charge on any atom is 0.339 e. The Balaban J connectivity index is 2.88. The highest BCUT2D eigenvalue weighted by Gasteiger charge is 2.25. The Kier molecular flexibility index (Phi) is 5.07. The molecule has 0 spiro atoms. The van der Waals surface area contributed by atoms with Crippen LogP contribution in [-0.2, 0) is 4.74 Å². The Labute approximate surface area is 119 Å². The lowest BCUT2D eigenvalue weighted by Crippen LogP contribution is -2.29. The summed E-state index contributed by atoms with van der Waals surface area (Å²) in [7, 11) is 0. The van der Waals surface area contributed by atoms with Crippen molar-refractivity contribution in [3.05, 3.63) is 39.9 Å². The summed E-state index contributed by atoms with van der Waals surface area (Å²) in [4.78, 5) is 24.4. The first kappa shape index (κ1) is 15.2. The minimum Gasteiger partial charge on any atom is -0.443 e. The Morgan fingerprint density at radius 3 is 2.47 bits per heavy atom. The van der Waals surface area contributed by atoms with Crippen molar-refractivity contribution in [2.24, 2.45) is 0 Å². The molecule has 0 saturated heterocycles. The lowest BCUT2D eigenvalue weighted by Gasteiger charge is -2.22. The van der Waals surface area contributed by atoms with Gasteiger partial charge in [-0.05, 0) is 36.2 Å². The van der Waals surface area contributed by atoms with E-state index in [0.717, 1.165) is 0 Å². The summed E-state index contributed by atoms with van der Waals surface area (Å²) >= 11 is 2.97. The van der Waals surface area contributed by atoms with Crippen LogP contribution in [0.4, 0.5) is 5.69 Å². The Bertz CT molecular complexity index is 544. The van der Waals surface area contributed by atoms with Crippen LogP contribution in [0.25, 0.3) is 0 Å². The minimum atomic E-state index is -0.887. The van der Waals surface area contributed by atoms with Crippen molar-refractivity contribution in [1.29, 1.82) is 0 Å². The van der Waals surface area contributed by atoms with E-state index >= 15 is 0 Å². The molecule has 1 aromatic carbocycles. The predicted octanol–water partition coefficient (Wildman–Crippen LogP) is 3.28. The summed E-state index contributed by atoms with van der Waals surface area (Å²) in [6.07, 6.45) is 0.532. The van der Waals surface area contributed by atoms with Gasteiger partial charge in [-0.1, -0.05) is 6.92 Å². The third kappa shape index (κ3) is 4.07. The predicted molar refractivity (Wildman–Crippen MR) is 73.9 cm³/mol. The summed E-state index contributed by atoms with van der Waals surface area (Å²) in [6, 6.07) is 5.24. The molecule has 19 heavy (non-hydrogen) atoms. The van der Waals surface area contributed by atoms with Crippen LogP contribution in [0.1, 0.15) is 30.6 Å². The minimum absolute atomic E-state index is 0.0740. The van der Waals surface area contributed by atoms with Gasteiger partial charge >= 0.3 is 5.97 Å². The first-order valence-electron chi connectivity index (χ1n) is 5.52. The fourth-order valence-corrected chi connectivity index (χ4v) is 1.69. The molecule has 0 N–H and O–H groups in total. The first-order chi connectivity index (χ1) is 8.91. The molecule has 0 fully saturated rings. The number of non-ortho nitro benzene ring substituents is 1. The van der Waals surface area contributed by atoms with E-state index in [4.69, 9.17) is 4.74 Å². The zero-order valence-electron chi connectivity index (χ0n) is 10.5. The number of nitro groups is 1. The van der Waals surface area contributed by atoms with Crippen LogP contribution in [0.5, 0.6) is 0 Å². The first-order valence-corrected chi connectivity index (χ1v) is 6.32. The Morgan fingerprint density at radius 2 is 2.05 bits per heavy atom. The van der Waals surface area contributed by atoms with Gasteiger partial charge in [0.25, 0.3) is 5.69 Å². The van der Waals surface area contributed by atoms with E-state index < -0.39 is 16.5 Å². The molecule has 0 bridgehead atoms. The molecule has 0 amide bonds. The number of ether oxygens (including phenoxy) is 1. The molecular formula is C13H12BrNO4. The smallest absolute Gasteiger partial charge is 0.339 e. The van der Waals surface area contributed by atoms with Crippen molar-refractivity contribution in [3.8, 4) is 10.8 Å². The number of carbonyl (C=O) groups excluding carboxylic acids is 1. The highest BCUT2D eigenvalue weighted by molar-refractivity contribution is 9.12. The number of halogens is 1. The molecule has 0 aliphatic heterocycles. The molecule has 1 aromatic rings. The van der Waals surface area contributed by atoms with Gasteiger partial charge < -0.3 is 4.74 Å². The number of hydrogen-bond donors (Lipinski definition) is 0. The third-order valence-corrected chi connectivity index (χ3v) is 2.82. The third-order valence-electron chi connectivity index (χ3n) is 2.62. The topological polar surface area (TPSA) is 69.4 Å². The molecule has 1 unspecified atom stereocenters. The van der Waals surface area contributed by atoms with Gasteiger partial charge in [-0.15, -0.1) is 0 Å². The van der Waals surface area contributed by atoms with Crippen molar-refractivity contribution in [2.75, 3.05) is 0 Å². The number of hydrogen-bond acceptors (Lipinski definition) is 4. The molecule has 5 nitrogen and oxygen atoms in total. The second kappa shape index (κ2) is 6.34. The van der Waals surface area contributed by atoms with Gasteiger partial charge in [0.2, 0.25) is 0 Å². The largest absolute Gasteiger partial charge is 0.443 e. The van der Waals surface area contributed by atoms with Crippen molar-refractivity contribution < 1.29 is 14.5 Å². The SMILES string of the molecule is CCC(C)(C#CBr)OC(=O)c1ccc([N+](=O)[O-])cc1. The number of rotatable bonds is 4. The maximum absolute atomic E-state index is 11.9. The molecule has 0 aromatic heterocycles. The maximum atomic E-state index is 11.9. The van der Waals surface area contributed by atoms with Crippen LogP contribution in [0.15, 0.2) is 24.3 Å². The fourth-order valence-electron chi connectivity index (χ4n) is 1.27. The van der Waals surface area contributed by atoms with E-state index in [1.165, 1.54) is 24.3 Å². The quantitative estimate of drug-likeness (QED) is 0.368. The molecule has 100 valence electrons. The van der Waals surface area contributed by atoms with Gasteiger partial charge in [-0.2, -0.15) is 0 Å². The molecule has 0 aliphatic carbocycles. The van der Waals surface area contributed by atoms with Crippen LogP contribution < -0.4 is 0 Å². The van der Waals surface area contributed by atoms with E-state index in [2.05, 4.69) is 26.7 Å². The standard InChI is InChI=1S/C13H12BrNO4/c1-3-13(2,8-9-14)19-12(16)10-4-6-11(7-5-10)15(17)18/h4-7H,3H2,1-2H3. The van der Waals surface area contributed by atoms with Gasteiger partial charge in [-0.25, -0.2) is 4.79 Å². The van der Waals surface area contributed by atoms with Gasteiger partial charge in [0.1, 0.15) is 0 Å². The van der Waals surface area contributed by atoms with E-state index in [1.807, 2.05) is 6.92 Å². The summed E-state index contributed by atoms with van der Waals surface area (Å²) < 4.78 is 5.30. The highest BCUT2D eigenvalue weighted by Crippen LogP contribution is 2.19. The Morgan fingerprint density at radius 1 is 1.47 bits per heavy atom. The van der Waals surface area contributed by atoms with Crippen LogP contribution in [-0.4, -0.2) is 16.5 Å². The van der Waals surface area contributed by atoms with E-state index in [1.54, 1.807) is 6.92 Å². The lowest BCUT2D eigenvalue weighted by atomic mass is 10.0. The van der Waals surface area contributed by atoms with Crippen molar-refractivity contribution >= 4 is 27.6 Å². The molecule has 0 heterocycles. The number of nitrogens with zero attached hydrogens (tertiary/aromatic N) is 1. The zero-order chi connectivity index (χ0) is 14.5. The van der Waals surface area contributed by atoms with E-state index in [9.17, 15) is 14.9 Å². The molecule has 0 saturated carbocycles. The summed E-state index contributed by atoms with van der Waals surface area (Å²) in [6.45, 7) is 3.55. The summed E-state index contributed by atoms with van der Waals surface area (Å²) in [5.41, 5.74) is -0.709. The van der Waals surface area contributed by atoms with Crippen LogP contribution in [0.3, 0.4) is 0 Å². The van der Waals surface area contributed by atoms with Gasteiger partial charge in [0, 0.05) is 28.1 Å². The summed E-state index contributed by atoms with van der Waals surface area (Å²) in [5.74, 6) is 2.19. The van der Waals surface area contributed by atoms with E-state index in [-0.39, 0.29) is 11.3 Å². The second-order valence-corrected chi connectivity index (χ2v) is 4.39. The van der Waals surface area contributed by atoms with Crippen LogP contribution >= 0.6 is 15.9 Å². The number of nitro benzene ring substituents is 1. The van der Waals surface area contributed by atoms with Crippen molar-refractivity contribution in [3.63, 3.8) is 0 Å². The van der Waals surface area contributed by atoms with Crippen LogP contribution in [0, 0.1) is 20.9 Å². The molecular weight excluding hydrogens is 314 g/mol. The van der Waals surface area contributed by atoms with Crippen LogP contribution in [0.2, 0.25) is 0 Å². The average Bonchev–Trinajstić information content (AvgIpc) is 2.39. The Hall–Kier alpha value is -1.87. The number of carbonyl (C=O) groups is 1. The summed E-state index contributed by atoms with van der Waals surface area (Å²) in [5, 5.41) is 10.5. The average molecular weight is 326 g/mol. The number of benzene rings is 1. The van der Waals surface area contributed by atoms with Crippen molar-refractivity contribution in [2.45, 2.75) is 25.9 Å². The van der Waals surface area contributed by atoms with Crippen molar-refractivity contribution in [1.82, 2.24) is 0 Å². The highest BCUT2D eigenvalue weighted by atomic mass is 79.9. The van der Waals surface area contributed by atoms with Gasteiger partial charge in [0.05, 0.1) is 10.5 Å². The molecule has 0 aliphatic rings. The molecule has 1 rings (SSSR count). The lowest BCUT2D eigenvalue weighted by molar-refractivity contribution is -0.384. The van der Waals surface area contributed by atoms with Gasteiger partial charge in [-0.3, -0.25) is 10.1 Å². The fraction of sp³-hybridized carbons (Fsp3) is 0.308. The molecule has 0 radical (unpaired) electrons. The van der Waals surface area contributed by atoms with Gasteiger partial charge in [0.15, 0.2) is 5.60 Å². The monoisotopic (exact) mass is 325 g/mol. The zero-order valence-corrected chi connectivity index (χ0v) is 12.1. The second-order valence-electron chi connectivity index (χ2n) is 4.00. The molecule has 1 atom stereocenters. The number of esters is 1.